The number of halogens is 1. The predicted molar refractivity (Wildman–Crippen MR) is 148 cm³/mol. The van der Waals surface area contributed by atoms with Crippen LogP contribution in [0.2, 0.25) is 0 Å². The number of carbonyl (C=O) groups is 1. The molecule has 6 nitrogen and oxygen atoms in total. The Labute approximate surface area is 215 Å². The number of guanidine groups is 1. The third-order valence-electron chi connectivity index (χ3n) is 6.74. The van der Waals surface area contributed by atoms with Gasteiger partial charge in [0, 0.05) is 71.0 Å². The number of para-hydroxylation sites is 1. The van der Waals surface area contributed by atoms with Crippen LogP contribution in [0.1, 0.15) is 41.9 Å². The summed E-state index contributed by atoms with van der Waals surface area (Å²) in [7, 11) is 5.98. The third-order valence-corrected chi connectivity index (χ3v) is 6.74. The van der Waals surface area contributed by atoms with Crippen molar-refractivity contribution in [2.24, 2.45) is 4.99 Å². The molecule has 0 aliphatic carbocycles. The molecule has 2 heterocycles. The van der Waals surface area contributed by atoms with Crippen molar-refractivity contribution in [2.45, 2.75) is 38.6 Å². The Bertz CT molecular complexity index is 1010. The summed E-state index contributed by atoms with van der Waals surface area (Å²) in [5.74, 6) is 1.61. The van der Waals surface area contributed by atoms with Gasteiger partial charge in [-0.2, -0.15) is 0 Å². The maximum absolute atomic E-state index is 12.0. The van der Waals surface area contributed by atoms with Crippen molar-refractivity contribution < 1.29 is 4.79 Å². The van der Waals surface area contributed by atoms with Crippen LogP contribution in [0.4, 0.5) is 11.4 Å². The summed E-state index contributed by atoms with van der Waals surface area (Å²) in [6.45, 7) is 5.53. The van der Waals surface area contributed by atoms with Gasteiger partial charge in [0.05, 0.1) is 0 Å². The number of likely N-dealkylation sites (tertiary alicyclic amines) is 1. The predicted octanol–water partition coefficient (Wildman–Crippen LogP) is 4.37. The normalized spacial score (nSPS) is 17.8. The van der Waals surface area contributed by atoms with E-state index in [1.807, 2.05) is 11.9 Å². The number of benzene rings is 2. The first kappa shape index (κ1) is 25.3. The first-order chi connectivity index (χ1) is 15.5. The van der Waals surface area contributed by atoms with Crippen molar-refractivity contribution in [1.82, 2.24) is 10.2 Å². The van der Waals surface area contributed by atoms with Gasteiger partial charge in [0.25, 0.3) is 0 Å². The quantitative estimate of drug-likeness (QED) is 0.324. The van der Waals surface area contributed by atoms with Crippen molar-refractivity contribution in [3.63, 3.8) is 0 Å². The highest BCUT2D eigenvalue weighted by Crippen LogP contribution is 2.38. The van der Waals surface area contributed by atoms with Crippen LogP contribution in [-0.2, 0) is 11.3 Å². The molecular weight excluding hydrogens is 525 g/mol. The van der Waals surface area contributed by atoms with Gasteiger partial charge >= 0.3 is 0 Å². The van der Waals surface area contributed by atoms with Crippen LogP contribution in [0, 0.1) is 6.92 Å². The highest BCUT2D eigenvalue weighted by atomic mass is 127. The van der Waals surface area contributed by atoms with Gasteiger partial charge in [-0.1, -0.05) is 24.3 Å². The lowest BCUT2D eigenvalue weighted by Crippen LogP contribution is -2.41. The van der Waals surface area contributed by atoms with Crippen molar-refractivity contribution in [2.75, 3.05) is 50.6 Å². The van der Waals surface area contributed by atoms with E-state index >= 15 is 0 Å². The van der Waals surface area contributed by atoms with Crippen molar-refractivity contribution in [1.29, 1.82) is 0 Å². The van der Waals surface area contributed by atoms with E-state index in [9.17, 15) is 4.79 Å². The third kappa shape index (κ3) is 5.62. The Morgan fingerprint density at radius 2 is 2.00 bits per heavy atom. The lowest BCUT2D eigenvalue weighted by molar-refractivity contribution is -0.127. The Balaban J connectivity index is 0.00000306. The first-order valence-corrected chi connectivity index (χ1v) is 11.6. The van der Waals surface area contributed by atoms with Gasteiger partial charge in [0.1, 0.15) is 0 Å². The molecule has 1 amide bonds. The number of aliphatic imine (C=N–C) groups is 1. The lowest BCUT2D eigenvalue weighted by atomic mass is 9.98. The molecule has 2 aromatic carbocycles. The smallest absolute Gasteiger partial charge is 0.222 e. The monoisotopic (exact) mass is 561 g/mol. The van der Waals surface area contributed by atoms with Crippen LogP contribution in [0.15, 0.2) is 47.5 Å². The molecule has 0 saturated carbocycles. The summed E-state index contributed by atoms with van der Waals surface area (Å²) in [5, 5.41) is 3.58. The number of amides is 1. The number of aryl methyl sites for hydroxylation is 1. The summed E-state index contributed by atoms with van der Waals surface area (Å²) in [5.41, 5.74) is 6.33. The highest BCUT2D eigenvalue weighted by molar-refractivity contribution is 14.0. The molecule has 0 bridgehead atoms. The molecule has 1 fully saturated rings. The van der Waals surface area contributed by atoms with Gasteiger partial charge in [0.15, 0.2) is 5.96 Å². The maximum Gasteiger partial charge on any atom is 0.222 e. The average molecular weight is 562 g/mol. The van der Waals surface area contributed by atoms with Crippen LogP contribution in [0.3, 0.4) is 0 Å². The molecule has 178 valence electrons. The van der Waals surface area contributed by atoms with Crippen LogP contribution in [0.25, 0.3) is 0 Å². The summed E-state index contributed by atoms with van der Waals surface area (Å²) in [4.78, 5) is 23.1. The summed E-state index contributed by atoms with van der Waals surface area (Å²) in [6.07, 6.45) is 2.69. The maximum atomic E-state index is 12.0. The minimum atomic E-state index is 0. The van der Waals surface area contributed by atoms with E-state index in [2.05, 4.69) is 83.6 Å². The standard InChI is InChI=1S/C26H35N5O.HI/c1-19-16-22(29(3)4)12-11-20(19)17-28-26(27-2)31-18-21(23-8-5-6-9-24(23)31)13-15-30-14-7-10-25(30)32;/h5-6,8-9,11-12,16,21H,7,10,13-15,17-18H2,1-4H3,(H,27,28);1H. The highest BCUT2D eigenvalue weighted by Gasteiger charge is 2.32. The van der Waals surface area contributed by atoms with E-state index < -0.39 is 0 Å². The van der Waals surface area contributed by atoms with Gasteiger partial charge in [-0.05, 0) is 54.7 Å². The molecule has 1 unspecified atom stereocenters. The van der Waals surface area contributed by atoms with Gasteiger partial charge in [0.2, 0.25) is 5.91 Å². The number of nitrogens with one attached hydrogen (secondary N) is 1. The molecule has 7 heteroatoms. The van der Waals surface area contributed by atoms with Gasteiger partial charge in [-0.15, -0.1) is 24.0 Å². The lowest BCUT2D eigenvalue weighted by Gasteiger charge is -2.24. The number of carbonyl (C=O) groups excluding carboxylic acids is 1. The van der Waals surface area contributed by atoms with Crippen molar-refractivity contribution >= 4 is 47.2 Å². The fraction of sp³-hybridized carbons (Fsp3) is 0.462. The molecule has 2 aromatic rings. The zero-order valence-electron chi connectivity index (χ0n) is 20.2. The second kappa shape index (κ2) is 11.2. The molecule has 33 heavy (non-hydrogen) atoms. The zero-order chi connectivity index (χ0) is 22.7. The van der Waals surface area contributed by atoms with Gasteiger partial charge in [-0.3, -0.25) is 9.79 Å². The largest absolute Gasteiger partial charge is 0.378 e. The summed E-state index contributed by atoms with van der Waals surface area (Å²) >= 11 is 0. The number of anilines is 2. The van der Waals surface area contributed by atoms with Gasteiger partial charge < -0.3 is 20.0 Å². The Morgan fingerprint density at radius 1 is 1.21 bits per heavy atom. The van der Waals surface area contributed by atoms with Crippen LogP contribution in [-0.4, -0.2) is 57.5 Å². The SMILES string of the molecule is CN=C(NCc1ccc(N(C)C)cc1C)N1CC(CCN2CCCC2=O)c2ccccc21.I. The summed E-state index contributed by atoms with van der Waals surface area (Å²) < 4.78 is 0. The molecule has 4 rings (SSSR count). The van der Waals surface area contributed by atoms with E-state index in [0.717, 1.165) is 45.0 Å². The minimum Gasteiger partial charge on any atom is -0.378 e. The van der Waals surface area contributed by atoms with Crippen LogP contribution >= 0.6 is 24.0 Å². The minimum absolute atomic E-state index is 0. The number of hydrogen-bond acceptors (Lipinski definition) is 3. The van der Waals surface area contributed by atoms with Crippen molar-refractivity contribution in [3.8, 4) is 0 Å². The second-order valence-electron chi connectivity index (χ2n) is 9.05. The molecule has 2 aliphatic rings. The molecule has 1 atom stereocenters. The second-order valence-corrected chi connectivity index (χ2v) is 9.05. The van der Waals surface area contributed by atoms with Crippen molar-refractivity contribution in [3.05, 3.63) is 59.2 Å². The Morgan fingerprint density at radius 3 is 2.67 bits per heavy atom. The van der Waals surface area contributed by atoms with E-state index in [0.29, 0.717) is 18.2 Å². The molecule has 1 N–H and O–H groups in total. The number of hydrogen-bond donors (Lipinski definition) is 1. The van der Waals surface area contributed by atoms with Crippen LogP contribution in [0.5, 0.6) is 0 Å². The molecule has 0 aromatic heterocycles. The molecular formula is C26H36IN5O. The van der Waals surface area contributed by atoms with E-state index in [4.69, 9.17) is 0 Å². The van der Waals surface area contributed by atoms with Gasteiger partial charge in [-0.25, -0.2) is 0 Å². The molecule has 0 radical (unpaired) electrons. The van der Waals surface area contributed by atoms with E-state index in [-0.39, 0.29) is 24.0 Å². The van der Waals surface area contributed by atoms with E-state index in [1.165, 1.54) is 28.1 Å². The fourth-order valence-electron chi connectivity index (χ4n) is 4.82. The molecule has 2 aliphatic heterocycles. The Kier molecular flexibility index (Phi) is 8.62. The summed E-state index contributed by atoms with van der Waals surface area (Å²) in [6, 6.07) is 15.2. The Hall–Kier alpha value is -2.29. The molecule has 0 spiro atoms. The average Bonchev–Trinajstić information content (AvgIpc) is 3.37. The zero-order valence-corrected chi connectivity index (χ0v) is 22.5. The van der Waals surface area contributed by atoms with Crippen LogP contribution < -0.4 is 15.1 Å². The number of fused-ring (bicyclic) bond motifs is 1. The number of nitrogens with zero attached hydrogens (tertiary/aromatic N) is 4. The topological polar surface area (TPSA) is 51.2 Å². The van der Waals surface area contributed by atoms with E-state index in [1.54, 1.807) is 0 Å². The fourth-order valence-corrected chi connectivity index (χ4v) is 4.82. The molecule has 1 saturated heterocycles. The number of rotatable bonds is 6. The first-order valence-electron chi connectivity index (χ1n) is 11.6.